The fourth-order valence-electron chi connectivity index (χ4n) is 3.32. The van der Waals surface area contributed by atoms with E-state index in [1.54, 1.807) is 16.9 Å². The van der Waals surface area contributed by atoms with Crippen LogP contribution in [0.4, 0.5) is 11.4 Å². The largest absolute Gasteiger partial charge is 0.616 e. The van der Waals surface area contributed by atoms with Crippen molar-refractivity contribution < 1.29 is 18.9 Å². The van der Waals surface area contributed by atoms with Gasteiger partial charge in [0.15, 0.2) is 5.75 Å². The van der Waals surface area contributed by atoms with Gasteiger partial charge in [-0.2, -0.15) is 0 Å². The summed E-state index contributed by atoms with van der Waals surface area (Å²) >= 11 is -1.33. The lowest BCUT2D eigenvalue weighted by Crippen LogP contribution is -2.51. The first kappa shape index (κ1) is 22.0. The Bertz CT molecular complexity index is 867. The average Bonchev–Trinajstić information content (AvgIpc) is 2.75. The average molecular weight is 430 g/mol. The molecule has 1 atom stereocenters. The highest BCUT2D eigenvalue weighted by atomic mass is 32.2. The first-order valence-corrected chi connectivity index (χ1v) is 11.3. The quantitative estimate of drug-likeness (QED) is 0.683. The Balaban J connectivity index is 1.56. The molecule has 2 amide bonds. The normalized spacial score (nSPS) is 14.9. The second kappa shape index (κ2) is 10.4. The SMILES string of the molecule is COc1ccc(Nc2ccccc2C[S+]([O-])CC(=O)N2CCN(C(C)=O)CC2)cc1. The minimum absolute atomic E-state index is 0.0169. The molecular weight excluding hydrogens is 402 g/mol. The maximum atomic E-state index is 12.7. The van der Waals surface area contributed by atoms with Crippen LogP contribution in [-0.4, -0.2) is 65.2 Å². The zero-order valence-corrected chi connectivity index (χ0v) is 18.1. The molecule has 1 N–H and O–H groups in total. The topological polar surface area (TPSA) is 84.9 Å². The second-order valence-electron chi connectivity index (χ2n) is 7.13. The van der Waals surface area contributed by atoms with E-state index in [1.807, 2.05) is 48.5 Å². The lowest BCUT2D eigenvalue weighted by Gasteiger charge is -2.34. The van der Waals surface area contributed by atoms with Crippen molar-refractivity contribution in [3.05, 3.63) is 54.1 Å². The summed E-state index contributed by atoms with van der Waals surface area (Å²) in [5.74, 6) is 0.941. The Kier molecular flexibility index (Phi) is 7.59. The third-order valence-corrected chi connectivity index (χ3v) is 6.27. The molecule has 8 heteroatoms. The monoisotopic (exact) mass is 429 g/mol. The van der Waals surface area contributed by atoms with E-state index in [0.717, 1.165) is 22.7 Å². The van der Waals surface area contributed by atoms with Crippen LogP contribution in [0.3, 0.4) is 0 Å². The summed E-state index contributed by atoms with van der Waals surface area (Å²) in [5, 5.41) is 3.34. The molecule has 1 unspecified atom stereocenters. The molecule has 0 aromatic heterocycles. The highest BCUT2D eigenvalue weighted by Crippen LogP contribution is 2.24. The minimum atomic E-state index is -1.33. The Labute approximate surface area is 180 Å². The number of rotatable bonds is 7. The number of nitrogens with one attached hydrogen (secondary N) is 1. The van der Waals surface area contributed by atoms with Gasteiger partial charge in [-0.1, -0.05) is 18.2 Å². The zero-order valence-electron chi connectivity index (χ0n) is 17.3. The molecule has 1 aliphatic rings. The summed E-state index contributed by atoms with van der Waals surface area (Å²) in [6.07, 6.45) is 0. The van der Waals surface area contributed by atoms with Gasteiger partial charge in [-0.15, -0.1) is 0 Å². The number of carbonyl (C=O) groups excluding carboxylic acids is 2. The molecule has 30 heavy (non-hydrogen) atoms. The van der Waals surface area contributed by atoms with Crippen molar-refractivity contribution in [1.82, 2.24) is 9.80 Å². The lowest BCUT2D eigenvalue weighted by molar-refractivity contribution is -0.136. The number of piperazine rings is 1. The predicted octanol–water partition coefficient (Wildman–Crippen LogP) is 2.38. The molecule has 1 aliphatic heterocycles. The van der Waals surface area contributed by atoms with Crippen molar-refractivity contribution in [3.63, 3.8) is 0 Å². The van der Waals surface area contributed by atoms with Gasteiger partial charge in [0.1, 0.15) is 11.5 Å². The Morgan fingerprint density at radius 3 is 2.30 bits per heavy atom. The van der Waals surface area contributed by atoms with E-state index in [4.69, 9.17) is 4.74 Å². The van der Waals surface area contributed by atoms with Crippen LogP contribution < -0.4 is 10.1 Å². The maximum Gasteiger partial charge on any atom is 0.272 e. The molecule has 0 spiro atoms. The number of hydrogen-bond donors (Lipinski definition) is 1. The van der Waals surface area contributed by atoms with E-state index in [1.165, 1.54) is 6.92 Å². The van der Waals surface area contributed by atoms with Crippen LogP contribution in [0.15, 0.2) is 48.5 Å². The van der Waals surface area contributed by atoms with E-state index in [9.17, 15) is 14.1 Å². The van der Waals surface area contributed by atoms with E-state index in [2.05, 4.69) is 5.32 Å². The number of benzene rings is 2. The molecule has 0 aliphatic carbocycles. The number of amides is 2. The van der Waals surface area contributed by atoms with Gasteiger partial charge in [0.05, 0.1) is 7.11 Å². The Morgan fingerprint density at radius 2 is 1.67 bits per heavy atom. The molecule has 1 fully saturated rings. The van der Waals surface area contributed by atoms with Crippen LogP contribution in [0.1, 0.15) is 12.5 Å². The van der Waals surface area contributed by atoms with Crippen LogP contribution in [0, 0.1) is 0 Å². The molecule has 3 rings (SSSR count). The molecule has 0 saturated carbocycles. The van der Waals surface area contributed by atoms with Crippen LogP contribution >= 0.6 is 0 Å². The van der Waals surface area contributed by atoms with Gasteiger partial charge in [0.2, 0.25) is 5.91 Å². The number of para-hydroxylation sites is 1. The number of nitrogens with zero attached hydrogens (tertiary/aromatic N) is 2. The Morgan fingerprint density at radius 1 is 1.03 bits per heavy atom. The summed E-state index contributed by atoms with van der Waals surface area (Å²) in [6.45, 7) is 3.57. The van der Waals surface area contributed by atoms with E-state index in [-0.39, 0.29) is 17.6 Å². The molecule has 2 aromatic rings. The Hall–Kier alpha value is -2.71. The van der Waals surface area contributed by atoms with Gasteiger partial charge < -0.3 is 24.4 Å². The molecule has 160 valence electrons. The molecule has 0 radical (unpaired) electrons. The molecular formula is C22H27N3O4S. The number of hydrogen-bond acceptors (Lipinski definition) is 5. The summed E-state index contributed by atoms with van der Waals surface area (Å²) < 4.78 is 17.9. The molecule has 2 aromatic carbocycles. The summed E-state index contributed by atoms with van der Waals surface area (Å²) in [6, 6.07) is 15.2. The number of ether oxygens (including phenoxy) is 1. The second-order valence-corrected chi connectivity index (χ2v) is 8.58. The van der Waals surface area contributed by atoms with E-state index >= 15 is 0 Å². The van der Waals surface area contributed by atoms with Crippen molar-refractivity contribution in [3.8, 4) is 5.75 Å². The van der Waals surface area contributed by atoms with E-state index in [0.29, 0.717) is 31.9 Å². The number of methoxy groups -OCH3 is 1. The van der Waals surface area contributed by atoms with Gasteiger partial charge in [0, 0.05) is 50.0 Å². The summed E-state index contributed by atoms with van der Waals surface area (Å²) in [4.78, 5) is 27.3. The standard InChI is InChI=1S/C22H27N3O4S/c1-17(26)24-11-13-25(14-12-24)22(27)16-30(28)15-18-5-3-4-6-21(18)23-19-7-9-20(29-2)10-8-19/h3-10,23H,11-16H2,1-2H3. The first-order chi connectivity index (χ1) is 14.5. The smallest absolute Gasteiger partial charge is 0.272 e. The maximum absolute atomic E-state index is 12.7. The van der Waals surface area contributed by atoms with Gasteiger partial charge in [0.25, 0.3) is 5.91 Å². The number of carbonyl (C=O) groups is 2. The minimum Gasteiger partial charge on any atom is -0.616 e. The first-order valence-electron chi connectivity index (χ1n) is 9.83. The van der Waals surface area contributed by atoms with Crippen molar-refractivity contribution in [2.75, 3.05) is 44.4 Å². The van der Waals surface area contributed by atoms with Crippen LogP contribution in [0.2, 0.25) is 0 Å². The zero-order chi connectivity index (χ0) is 21.5. The van der Waals surface area contributed by atoms with Crippen LogP contribution in [0.25, 0.3) is 0 Å². The van der Waals surface area contributed by atoms with Crippen LogP contribution in [-0.2, 0) is 26.5 Å². The van der Waals surface area contributed by atoms with Gasteiger partial charge >= 0.3 is 0 Å². The summed E-state index contributed by atoms with van der Waals surface area (Å²) in [5.41, 5.74) is 2.65. The highest BCUT2D eigenvalue weighted by Gasteiger charge is 2.25. The number of anilines is 2. The van der Waals surface area contributed by atoms with Gasteiger partial charge in [-0.3, -0.25) is 9.59 Å². The fourth-order valence-corrected chi connectivity index (χ4v) is 4.48. The third-order valence-electron chi connectivity index (χ3n) is 5.07. The van der Waals surface area contributed by atoms with Crippen molar-refractivity contribution in [1.29, 1.82) is 0 Å². The van der Waals surface area contributed by atoms with Crippen molar-refractivity contribution in [2.45, 2.75) is 12.7 Å². The van der Waals surface area contributed by atoms with Crippen LogP contribution in [0.5, 0.6) is 5.75 Å². The van der Waals surface area contributed by atoms with E-state index < -0.39 is 11.2 Å². The fraction of sp³-hybridized carbons (Fsp3) is 0.364. The van der Waals surface area contributed by atoms with Crippen molar-refractivity contribution >= 4 is 34.4 Å². The lowest BCUT2D eigenvalue weighted by atomic mass is 10.2. The molecule has 7 nitrogen and oxygen atoms in total. The summed E-state index contributed by atoms with van der Waals surface area (Å²) in [7, 11) is 1.62. The molecule has 0 bridgehead atoms. The van der Waals surface area contributed by atoms with Gasteiger partial charge in [-0.25, -0.2) is 0 Å². The third kappa shape index (κ3) is 5.90. The van der Waals surface area contributed by atoms with Crippen molar-refractivity contribution in [2.24, 2.45) is 0 Å². The van der Waals surface area contributed by atoms with Gasteiger partial charge in [-0.05, 0) is 41.5 Å². The molecule has 1 saturated heterocycles. The molecule has 1 heterocycles. The predicted molar refractivity (Wildman–Crippen MR) is 118 cm³/mol. The highest BCUT2D eigenvalue weighted by molar-refractivity contribution is 7.91.